The van der Waals surface area contributed by atoms with Gasteiger partial charge in [0, 0.05) is 11.3 Å². The number of aromatic amines is 1. The molecule has 2 N–H and O–H groups in total. The van der Waals surface area contributed by atoms with Crippen LogP contribution in [0.5, 0.6) is 11.5 Å². The second-order valence-electron chi connectivity index (χ2n) is 5.46. The third-order valence-electron chi connectivity index (χ3n) is 3.76. The number of amides is 1. The van der Waals surface area contributed by atoms with Gasteiger partial charge in [0.05, 0.1) is 24.6 Å². The lowest BCUT2D eigenvalue weighted by Crippen LogP contribution is -2.14. The highest BCUT2D eigenvalue weighted by Gasteiger charge is 2.14. The van der Waals surface area contributed by atoms with Gasteiger partial charge in [0.25, 0.3) is 0 Å². The normalized spacial score (nSPS) is 12.2. The van der Waals surface area contributed by atoms with E-state index in [1.807, 2.05) is 42.5 Å². The first kappa shape index (κ1) is 14.3. The number of nitrogens with one attached hydrogen (secondary N) is 2. The van der Waals surface area contributed by atoms with Crippen molar-refractivity contribution in [3.8, 4) is 22.8 Å². The average Bonchev–Trinajstić information content (AvgIpc) is 3.26. The Bertz CT molecular complexity index is 875. The van der Waals surface area contributed by atoms with Crippen LogP contribution in [0.2, 0.25) is 0 Å². The summed E-state index contributed by atoms with van der Waals surface area (Å²) in [5.41, 5.74) is 3.49. The van der Waals surface area contributed by atoms with Gasteiger partial charge in [-0.3, -0.25) is 4.79 Å². The molecule has 3 aromatic rings. The third kappa shape index (κ3) is 2.94. The fourth-order valence-corrected chi connectivity index (χ4v) is 2.62. The molecule has 120 valence electrons. The highest BCUT2D eigenvalue weighted by molar-refractivity contribution is 5.93. The quantitative estimate of drug-likeness (QED) is 0.774. The number of hydrogen-bond acceptors (Lipinski definition) is 4. The molecule has 2 aromatic carbocycles. The molecule has 0 radical (unpaired) electrons. The van der Waals surface area contributed by atoms with Gasteiger partial charge < -0.3 is 19.8 Å². The molecule has 1 aliphatic rings. The molecular weight excluding hydrogens is 306 g/mol. The van der Waals surface area contributed by atoms with Crippen LogP contribution in [0.25, 0.3) is 11.3 Å². The predicted octanol–water partition coefficient (Wildman–Crippen LogP) is 2.99. The zero-order chi connectivity index (χ0) is 16.4. The number of carbonyl (C=O) groups is 1. The minimum Gasteiger partial charge on any atom is -0.454 e. The van der Waals surface area contributed by atoms with Gasteiger partial charge in [-0.15, -0.1) is 0 Å². The molecule has 1 aliphatic heterocycles. The summed E-state index contributed by atoms with van der Waals surface area (Å²) >= 11 is 0. The van der Waals surface area contributed by atoms with E-state index in [1.54, 1.807) is 12.5 Å². The second-order valence-corrected chi connectivity index (χ2v) is 5.46. The summed E-state index contributed by atoms with van der Waals surface area (Å²) in [6.07, 6.45) is 3.64. The van der Waals surface area contributed by atoms with E-state index in [0.717, 1.165) is 22.5 Å². The van der Waals surface area contributed by atoms with E-state index in [-0.39, 0.29) is 19.1 Å². The molecule has 0 spiro atoms. The van der Waals surface area contributed by atoms with Gasteiger partial charge in [-0.25, -0.2) is 4.98 Å². The fraction of sp³-hybridized carbons (Fsp3) is 0.111. The van der Waals surface area contributed by atoms with Crippen LogP contribution in [-0.4, -0.2) is 22.7 Å². The first-order valence-corrected chi connectivity index (χ1v) is 7.55. The smallest absolute Gasteiger partial charge is 0.231 e. The average molecular weight is 321 g/mol. The first-order chi connectivity index (χ1) is 11.8. The molecule has 0 fully saturated rings. The molecule has 0 saturated heterocycles. The van der Waals surface area contributed by atoms with Gasteiger partial charge in [0.15, 0.2) is 11.5 Å². The lowest BCUT2D eigenvalue weighted by atomic mass is 10.1. The van der Waals surface area contributed by atoms with Crippen LogP contribution < -0.4 is 14.8 Å². The zero-order valence-electron chi connectivity index (χ0n) is 12.8. The summed E-state index contributed by atoms with van der Waals surface area (Å²) < 4.78 is 10.6. The van der Waals surface area contributed by atoms with Crippen LogP contribution in [0.3, 0.4) is 0 Å². The van der Waals surface area contributed by atoms with Crippen LogP contribution in [0.4, 0.5) is 5.69 Å². The van der Waals surface area contributed by atoms with Crippen LogP contribution in [0.1, 0.15) is 5.56 Å². The number of fused-ring (bicyclic) bond motifs is 1. The number of benzene rings is 2. The lowest BCUT2D eigenvalue weighted by Gasteiger charge is -2.07. The van der Waals surface area contributed by atoms with Crippen molar-refractivity contribution in [2.75, 3.05) is 12.1 Å². The maximum atomic E-state index is 12.3. The summed E-state index contributed by atoms with van der Waals surface area (Å²) in [4.78, 5) is 19.3. The number of rotatable bonds is 4. The largest absolute Gasteiger partial charge is 0.454 e. The van der Waals surface area contributed by atoms with E-state index in [2.05, 4.69) is 15.3 Å². The topological polar surface area (TPSA) is 76.2 Å². The van der Waals surface area contributed by atoms with E-state index >= 15 is 0 Å². The van der Waals surface area contributed by atoms with E-state index < -0.39 is 0 Å². The standard InChI is InChI=1S/C18H15N3O3/c22-18(7-12-4-5-16-17(6-12)24-11-23-16)21-14-3-1-2-13(8-14)15-9-19-10-20-15/h1-6,8-10H,7,11H2,(H,19,20)(H,21,22). The number of H-pyrrole nitrogens is 1. The van der Waals surface area contributed by atoms with Gasteiger partial charge in [-0.2, -0.15) is 0 Å². The third-order valence-corrected chi connectivity index (χ3v) is 3.76. The number of nitrogens with zero attached hydrogens (tertiary/aromatic N) is 1. The van der Waals surface area contributed by atoms with Crippen molar-refractivity contribution in [3.63, 3.8) is 0 Å². The van der Waals surface area contributed by atoms with Crippen molar-refractivity contribution in [2.45, 2.75) is 6.42 Å². The lowest BCUT2D eigenvalue weighted by molar-refractivity contribution is -0.115. The Morgan fingerprint density at radius 2 is 2.08 bits per heavy atom. The van der Waals surface area contributed by atoms with Gasteiger partial charge in [0.2, 0.25) is 12.7 Å². The SMILES string of the molecule is O=C(Cc1ccc2c(c1)OCO2)Nc1cccc(-c2cnc[nH]2)c1. The fourth-order valence-electron chi connectivity index (χ4n) is 2.62. The Hall–Kier alpha value is -3.28. The Labute approximate surface area is 138 Å². The van der Waals surface area contributed by atoms with Crippen LogP contribution in [-0.2, 0) is 11.2 Å². The summed E-state index contributed by atoms with van der Waals surface area (Å²) in [5, 5.41) is 2.92. The van der Waals surface area contributed by atoms with E-state index in [4.69, 9.17) is 9.47 Å². The minimum absolute atomic E-state index is 0.0874. The maximum Gasteiger partial charge on any atom is 0.231 e. The Morgan fingerprint density at radius 1 is 1.17 bits per heavy atom. The number of hydrogen-bond donors (Lipinski definition) is 2. The molecule has 0 unspecified atom stereocenters. The predicted molar refractivity (Wildman–Crippen MR) is 88.9 cm³/mol. The minimum atomic E-state index is -0.0874. The molecule has 0 aliphatic carbocycles. The number of imidazole rings is 1. The highest BCUT2D eigenvalue weighted by atomic mass is 16.7. The van der Waals surface area contributed by atoms with Gasteiger partial charge >= 0.3 is 0 Å². The van der Waals surface area contributed by atoms with Crippen LogP contribution in [0, 0.1) is 0 Å². The van der Waals surface area contributed by atoms with Crippen molar-refractivity contribution in [1.29, 1.82) is 0 Å². The highest BCUT2D eigenvalue weighted by Crippen LogP contribution is 2.32. The molecular formula is C18H15N3O3. The van der Waals surface area contributed by atoms with Gasteiger partial charge in [0.1, 0.15) is 0 Å². The molecule has 4 rings (SSSR count). The molecule has 0 atom stereocenters. The summed E-state index contributed by atoms with van der Waals surface area (Å²) in [5.74, 6) is 1.31. The summed E-state index contributed by atoms with van der Waals surface area (Å²) in [7, 11) is 0. The van der Waals surface area contributed by atoms with Crippen molar-refractivity contribution in [2.24, 2.45) is 0 Å². The molecule has 1 amide bonds. The summed E-state index contributed by atoms with van der Waals surface area (Å²) in [6.45, 7) is 0.228. The van der Waals surface area contributed by atoms with Crippen molar-refractivity contribution >= 4 is 11.6 Å². The van der Waals surface area contributed by atoms with Gasteiger partial charge in [-0.1, -0.05) is 18.2 Å². The first-order valence-electron chi connectivity index (χ1n) is 7.55. The molecule has 1 aromatic heterocycles. The van der Waals surface area contributed by atoms with Crippen molar-refractivity contribution in [1.82, 2.24) is 9.97 Å². The van der Waals surface area contributed by atoms with E-state index in [1.165, 1.54) is 0 Å². The Kier molecular flexibility index (Phi) is 3.63. The van der Waals surface area contributed by atoms with Crippen molar-refractivity contribution in [3.05, 3.63) is 60.6 Å². The monoisotopic (exact) mass is 321 g/mol. The Morgan fingerprint density at radius 3 is 2.96 bits per heavy atom. The molecule has 6 nitrogen and oxygen atoms in total. The van der Waals surface area contributed by atoms with Gasteiger partial charge in [-0.05, 0) is 29.8 Å². The number of carbonyl (C=O) groups excluding carboxylic acids is 1. The molecule has 2 heterocycles. The molecule has 0 bridgehead atoms. The van der Waals surface area contributed by atoms with E-state index in [0.29, 0.717) is 11.5 Å². The maximum absolute atomic E-state index is 12.3. The number of ether oxygens (including phenoxy) is 2. The molecule has 6 heteroatoms. The zero-order valence-corrected chi connectivity index (χ0v) is 12.8. The van der Waals surface area contributed by atoms with E-state index in [9.17, 15) is 4.79 Å². The number of aromatic nitrogens is 2. The van der Waals surface area contributed by atoms with Crippen LogP contribution >= 0.6 is 0 Å². The van der Waals surface area contributed by atoms with Crippen LogP contribution in [0.15, 0.2) is 55.0 Å². The Balaban J connectivity index is 1.45. The summed E-state index contributed by atoms with van der Waals surface area (Å²) in [6, 6.07) is 13.1. The molecule has 0 saturated carbocycles. The van der Waals surface area contributed by atoms with Crippen molar-refractivity contribution < 1.29 is 14.3 Å². The number of anilines is 1. The second kappa shape index (κ2) is 6.08. The molecule has 24 heavy (non-hydrogen) atoms.